The molecular formula is C16H11BrO3. The zero-order valence-corrected chi connectivity index (χ0v) is 12.3. The van der Waals surface area contributed by atoms with Crippen molar-refractivity contribution in [2.45, 2.75) is 0 Å². The first-order valence-electron chi connectivity index (χ1n) is 6.06. The van der Waals surface area contributed by atoms with E-state index in [4.69, 9.17) is 9.15 Å². The summed E-state index contributed by atoms with van der Waals surface area (Å²) in [6.45, 7) is 0. The molecule has 0 saturated carbocycles. The van der Waals surface area contributed by atoms with E-state index >= 15 is 0 Å². The van der Waals surface area contributed by atoms with Crippen molar-refractivity contribution < 1.29 is 9.15 Å². The van der Waals surface area contributed by atoms with Crippen LogP contribution in [0.15, 0.2) is 62.2 Å². The maximum Gasteiger partial charge on any atom is 0.336 e. The molecular weight excluding hydrogens is 320 g/mol. The molecule has 0 aliphatic rings. The van der Waals surface area contributed by atoms with Gasteiger partial charge in [-0.25, -0.2) is 4.79 Å². The van der Waals surface area contributed by atoms with Crippen molar-refractivity contribution >= 4 is 26.9 Å². The van der Waals surface area contributed by atoms with Crippen molar-refractivity contribution in [1.82, 2.24) is 0 Å². The molecule has 0 aliphatic carbocycles. The van der Waals surface area contributed by atoms with Crippen molar-refractivity contribution in [3.63, 3.8) is 0 Å². The van der Waals surface area contributed by atoms with Crippen LogP contribution in [0.1, 0.15) is 0 Å². The lowest BCUT2D eigenvalue weighted by atomic mass is 10.0. The number of methoxy groups -OCH3 is 1. The summed E-state index contributed by atoms with van der Waals surface area (Å²) >= 11 is 3.38. The molecule has 3 aromatic rings. The molecule has 1 aromatic heterocycles. The van der Waals surface area contributed by atoms with Gasteiger partial charge in [-0.15, -0.1) is 0 Å². The van der Waals surface area contributed by atoms with Crippen LogP contribution >= 0.6 is 15.9 Å². The first-order valence-corrected chi connectivity index (χ1v) is 6.85. The van der Waals surface area contributed by atoms with E-state index in [-0.39, 0.29) is 5.63 Å². The molecule has 2 aromatic carbocycles. The van der Waals surface area contributed by atoms with Gasteiger partial charge in [0.15, 0.2) is 0 Å². The fourth-order valence-electron chi connectivity index (χ4n) is 2.23. The third-order valence-corrected chi connectivity index (χ3v) is 3.60. The summed E-state index contributed by atoms with van der Waals surface area (Å²) in [5.41, 5.74) is 1.85. The molecule has 3 nitrogen and oxygen atoms in total. The Balaban J connectivity index is 2.38. The second kappa shape index (κ2) is 5.13. The lowest BCUT2D eigenvalue weighted by Gasteiger charge is -2.10. The number of halogens is 1. The second-order valence-electron chi connectivity index (χ2n) is 4.32. The number of hydrogen-bond acceptors (Lipinski definition) is 3. The monoisotopic (exact) mass is 330 g/mol. The molecule has 0 bridgehead atoms. The highest BCUT2D eigenvalue weighted by atomic mass is 79.9. The summed E-state index contributed by atoms with van der Waals surface area (Å²) in [5.74, 6) is 0.724. The first-order chi connectivity index (χ1) is 9.69. The van der Waals surface area contributed by atoms with Crippen molar-refractivity contribution in [3.8, 4) is 16.9 Å². The van der Waals surface area contributed by atoms with E-state index in [1.54, 1.807) is 13.2 Å². The van der Waals surface area contributed by atoms with E-state index in [1.165, 1.54) is 6.07 Å². The van der Waals surface area contributed by atoms with Gasteiger partial charge in [0.25, 0.3) is 0 Å². The van der Waals surface area contributed by atoms with Gasteiger partial charge in [-0.3, -0.25) is 0 Å². The summed E-state index contributed by atoms with van der Waals surface area (Å²) in [5, 5.41) is 0.873. The SMILES string of the molecule is COc1ccccc1-c1cc(=O)oc2cc(Br)ccc12. The Morgan fingerprint density at radius 2 is 1.85 bits per heavy atom. The predicted molar refractivity (Wildman–Crippen MR) is 82.2 cm³/mol. The highest BCUT2D eigenvalue weighted by molar-refractivity contribution is 9.10. The van der Waals surface area contributed by atoms with Gasteiger partial charge in [0, 0.05) is 27.1 Å². The van der Waals surface area contributed by atoms with Gasteiger partial charge in [-0.2, -0.15) is 0 Å². The first kappa shape index (κ1) is 12.9. The quantitative estimate of drug-likeness (QED) is 0.660. The van der Waals surface area contributed by atoms with Crippen LogP contribution in [0.5, 0.6) is 5.75 Å². The third-order valence-electron chi connectivity index (χ3n) is 3.10. The van der Waals surface area contributed by atoms with Crippen molar-refractivity contribution in [2.24, 2.45) is 0 Å². The minimum Gasteiger partial charge on any atom is -0.496 e. The average Bonchev–Trinajstić information content (AvgIpc) is 2.45. The zero-order chi connectivity index (χ0) is 14.1. The van der Waals surface area contributed by atoms with Gasteiger partial charge in [0.05, 0.1) is 7.11 Å². The molecule has 0 radical (unpaired) electrons. The Kier molecular flexibility index (Phi) is 3.32. The van der Waals surface area contributed by atoms with E-state index in [2.05, 4.69) is 15.9 Å². The minimum atomic E-state index is -0.378. The van der Waals surface area contributed by atoms with Crippen LogP contribution in [0.25, 0.3) is 22.1 Å². The van der Waals surface area contributed by atoms with E-state index in [0.29, 0.717) is 5.58 Å². The molecule has 1 heterocycles. The molecule has 0 saturated heterocycles. The van der Waals surface area contributed by atoms with Gasteiger partial charge in [-0.1, -0.05) is 34.1 Å². The maximum absolute atomic E-state index is 11.8. The lowest BCUT2D eigenvalue weighted by molar-refractivity contribution is 0.416. The molecule has 0 unspecified atom stereocenters. The molecule has 0 aliphatic heterocycles. The highest BCUT2D eigenvalue weighted by Gasteiger charge is 2.11. The van der Waals surface area contributed by atoms with E-state index < -0.39 is 0 Å². The highest BCUT2D eigenvalue weighted by Crippen LogP contribution is 2.34. The van der Waals surface area contributed by atoms with Crippen LogP contribution < -0.4 is 10.4 Å². The third kappa shape index (κ3) is 2.23. The largest absolute Gasteiger partial charge is 0.496 e. The van der Waals surface area contributed by atoms with E-state index in [9.17, 15) is 4.79 Å². The molecule has 0 fully saturated rings. The van der Waals surface area contributed by atoms with Crippen LogP contribution in [0.2, 0.25) is 0 Å². The Hall–Kier alpha value is -2.07. The number of para-hydroxylation sites is 1. The van der Waals surface area contributed by atoms with Crippen LogP contribution in [0.4, 0.5) is 0 Å². The maximum atomic E-state index is 11.8. The Labute approximate surface area is 123 Å². The normalized spacial score (nSPS) is 10.7. The average molecular weight is 331 g/mol. The predicted octanol–water partition coefficient (Wildman–Crippen LogP) is 4.23. The van der Waals surface area contributed by atoms with Crippen LogP contribution in [-0.2, 0) is 0 Å². The summed E-state index contributed by atoms with van der Waals surface area (Å²) < 4.78 is 11.5. The molecule has 0 amide bonds. The Bertz CT molecular complexity index is 836. The number of hydrogen-bond donors (Lipinski definition) is 0. The number of benzene rings is 2. The molecule has 4 heteroatoms. The Morgan fingerprint density at radius 1 is 1.05 bits per heavy atom. The molecule has 0 N–H and O–H groups in total. The van der Waals surface area contributed by atoms with Crippen molar-refractivity contribution in [1.29, 1.82) is 0 Å². The van der Waals surface area contributed by atoms with Crippen molar-refractivity contribution in [2.75, 3.05) is 7.11 Å². The fourth-order valence-corrected chi connectivity index (χ4v) is 2.57. The van der Waals surface area contributed by atoms with Gasteiger partial charge in [0.1, 0.15) is 11.3 Å². The van der Waals surface area contributed by atoms with Gasteiger partial charge >= 0.3 is 5.63 Å². The summed E-state index contributed by atoms with van der Waals surface area (Å²) in [6.07, 6.45) is 0. The van der Waals surface area contributed by atoms with Crippen LogP contribution in [0.3, 0.4) is 0 Å². The van der Waals surface area contributed by atoms with E-state index in [0.717, 1.165) is 26.7 Å². The van der Waals surface area contributed by atoms with Crippen LogP contribution in [-0.4, -0.2) is 7.11 Å². The Morgan fingerprint density at radius 3 is 2.65 bits per heavy atom. The zero-order valence-electron chi connectivity index (χ0n) is 10.7. The lowest BCUT2D eigenvalue weighted by Crippen LogP contribution is -1.99. The van der Waals surface area contributed by atoms with Crippen LogP contribution in [0, 0.1) is 0 Å². The number of fused-ring (bicyclic) bond motifs is 1. The molecule has 0 atom stereocenters. The van der Waals surface area contributed by atoms with Gasteiger partial charge in [0.2, 0.25) is 0 Å². The van der Waals surface area contributed by atoms with Gasteiger partial charge < -0.3 is 9.15 Å². The topological polar surface area (TPSA) is 39.4 Å². The number of ether oxygens (including phenoxy) is 1. The molecule has 3 rings (SSSR count). The summed E-state index contributed by atoms with van der Waals surface area (Å²) in [7, 11) is 1.61. The minimum absolute atomic E-state index is 0.378. The van der Waals surface area contributed by atoms with E-state index in [1.807, 2.05) is 36.4 Å². The van der Waals surface area contributed by atoms with Gasteiger partial charge in [-0.05, 0) is 24.3 Å². The summed E-state index contributed by atoms with van der Waals surface area (Å²) in [4.78, 5) is 11.8. The number of rotatable bonds is 2. The molecule has 20 heavy (non-hydrogen) atoms. The standard InChI is InChI=1S/C16H11BrO3/c1-19-14-5-3-2-4-11(14)13-9-16(18)20-15-8-10(17)6-7-12(13)15/h2-9H,1H3. The second-order valence-corrected chi connectivity index (χ2v) is 5.24. The fraction of sp³-hybridized carbons (Fsp3) is 0.0625. The smallest absolute Gasteiger partial charge is 0.336 e. The summed E-state index contributed by atoms with van der Waals surface area (Å²) in [6, 6.07) is 14.7. The molecule has 100 valence electrons. The van der Waals surface area contributed by atoms with Crippen molar-refractivity contribution in [3.05, 3.63) is 63.4 Å². The molecule has 0 spiro atoms.